The number of rotatable bonds is 4. The van der Waals surface area contributed by atoms with Gasteiger partial charge in [0.2, 0.25) is 5.91 Å². The Labute approximate surface area is 162 Å². The smallest absolute Gasteiger partial charge is 0.292 e. The van der Waals surface area contributed by atoms with Gasteiger partial charge in [0.15, 0.2) is 0 Å². The van der Waals surface area contributed by atoms with Crippen molar-refractivity contribution in [3.8, 4) is 0 Å². The number of nitro groups is 1. The summed E-state index contributed by atoms with van der Waals surface area (Å²) in [5, 5.41) is 12.0. The van der Waals surface area contributed by atoms with Crippen molar-refractivity contribution in [2.45, 2.75) is 12.3 Å². The molecular formula is C20H20ClN3O3. The Balaban J connectivity index is 1.38. The molecule has 27 heavy (non-hydrogen) atoms. The normalized spacial score (nSPS) is 21.8. The molecule has 0 bridgehead atoms. The molecule has 0 N–H and O–H groups in total. The lowest BCUT2D eigenvalue weighted by Crippen LogP contribution is -2.49. The molecule has 140 valence electrons. The molecule has 1 aliphatic heterocycles. The number of amides is 1. The van der Waals surface area contributed by atoms with Crippen LogP contribution in [0.3, 0.4) is 0 Å². The zero-order valence-corrected chi connectivity index (χ0v) is 15.5. The topological polar surface area (TPSA) is 66.7 Å². The zero-order chi connectivity index (χ0) is 19.0. The number of piperazine rings is 1. The molecule has 1 saturated carbocycles. The first kappa shape index (κ1) is 17.8. The van der Waals surface area contributed by atoms with Gasteiger partial charge in [-0.1, -0.05) is 41.9 Å². The lowest BCUT2D eigenvalue weighted by molar-refractivity contribution is -0.384. The molecule has 0 radical (unpaired) electrons. The second-order valence-corrected chi connectivity index (χ2v) is 7.44. The van der Waals surface area contributed by atoms with E-state index in [1.807, 2.05) is 34.1 Å². The molecule has 2 aromatic carbocycles. The monoisotopic (exact) mass is 385 g/mol. The van der Waals surface area contributed by atoms with E-state index in [0.29, 0.717) is 31.9 Å². The van der Waals surface area contributed by atoms with Gasteiger partial charge < -0.3 is 9.80 Å². The van der Waals surface area contributed by atoms with Gasteiger partial charge in [0, 0.05) is 43.2 Å². The molecule has 2 aliphatic rings. The van der Waals surface area contributed by atoms with E-state index in [1.165, 1.54) is 6.07 Å². The quantitative estimate of drug-likeness (QED) is 0.594. The molecule has 0 aromatic heterocycles. The van der Waals surface area contributed by atoms with Crippen LogP contribution in [0.4, 0.5) is 11.4 Å². The summed E-state index contributed by atoms with van der Waals surface area (Å²) >= 11 is 6.26. The Kier molecular flexibility index (Phi) is 4.74. The minimum absolute atomic E-state index is 0.00233. The lowest BCUT2D eigenvalue weighted by Gasteiger charge is -2.36. The molecular weight excluding hydrogens is 366 g/mol. The van der Waals surface area contributed by atoms with Gasteiger partial charge in [-0.3, -0.25) is 14.9 Å². The van der Waals surface area contributed by atoms with Crippen LogP contribution in [0.2, 0.25) is 5.02 Å². The minimum Gasteiger partial charge on any atom is -0.362 e. The Morgan fingerprint density at radius 1 is 1.04 bits per heavy atom. The predicted octanol–water partition coefficient (Wildman–Crippen LogP) is 3.70. The van der Waals surface area contributed by atoms with Gasteiger partial charge in [0.05, 0.1) is 4.92 Å². The maximum Gasteiger partial charge on any atom is 0.292 e. The molecule has 0 spiro atoms. The number of hydrogen-bond acceptors (Lipinski definition) is 4. The highest BCUT2D eigenvalue weighted by molar-refractivity contribution is 6.31. The summed E-state index contributed by atoms with van der Waals surface area (Å²) in [6, 6.07) is 14.5. The van der Waals surface area contributed by atoms with E-state index in [0.717, 1.165) is 17.0 Å². The van der Waals surface area contributed by atoms with Gasteiger partial charge in [0.25, 0.3) is 5.69 Å². The van der Waals surface area contributed by atoms with E-state index in [2.05, 4.69) is 0 Å². The van der Waals surface area contributed by atoms with Crippen LogP contribution in [-0.2, 0) is 4.79 Å². The van der Waals surface area contributed by atoms with Crippen molar-refractivity contribution in [3.63, 3.8) is 0 Å². The molecule has 1 heterocycles. The summed E-state index contributed by atoms with van der Waals surface area (Å²) in [4.78, 5) is 27.6. The van der Waals surface area contributed by atoms with Crippen molar-refractivity contribution in [3.05, 3.63) is 69.2 Å². The zero-order valence-electron chi connectivity index (χ0n) is 14.8. The average molecular weight is 386 g/mol. The molecule has 2 unspecified atom stereocenters. The molecule has 4 rings (SSSR count). The van der Waals surface area contributed by atoms with Crippen molar-refractivity contribution < 1.29 is 9.72 Å². The summed E-state index contributed by atoms with van der Waals surface area (Å²) in [6.07, 6.45) is 0.840. The first-order valence-corrected chi connectivity index (χ1v) is 9.45. The van der Waals surface area contributed by atoms with Crippen molar-refractivity contribution in [2.24, 2.45) is 5.92 Å². The molecule has 1 amide bonds. The number of halogens is 1. The van der Waals surface area contributed by atoms with E-state index in [9.17, 15) is 14.9 Å². The Hall–Kier alpha value is -2.60. The molecule has 1 aliphatic carbocycles. The molecule has 6 nitrogen and oxygen atoms in total. The number of nitro benzene ring substituents is 1. The first-order valence-electron chi connectivity index (χ1n) is 9.08. The van der Waals surface area contributed by atoms with Crippen molar-refractivity contribution in [1.82, 2.24) is 4.90 Å². The number of carbonyl (C=O) groups excluding carboxylic acids is 1. The average Bonchev–Trinajstić information content (AvgIpc) is 3.48. The van der Waals surface area contributed by atoms with Gasteiger partial charge in [-0.05, 0) is 30.0 Å². The minimum atomic E-state index is -0.356. The maximum absolute atomic E-state index is 12.8. The summed E-state index contributed by atoms with van der Waals surface area (Å²) in [7, 11) is 0. The van der Waals surface area contributed by atoms with Crippen molar-refractivity contribution in [1.29, 1.82) is 0 Å². The maximum atomic E-state index is 12.8. The SMILES string of the molecule is O=C(C1CC1c1ccccc1Cl)N1CCN(c2ccccc2[N+](=O)[O-])CC1. The summed E-state index contributed by atoms with van der Waals surface area (Å²) < 4.78 is 0. The van der Waals surface area contributed by atoms with Gasteiger partial charge in [-0.15, -0.1) is 0 Å². The van der Waals surface area contributed by atoms with E-state index in [-0.39, 0.29) is 28.4 Å². The van der Waals surface area contributed by atoms with E-state index in [4.69, 9.17) is 11.6 Å². The van der Waals surface area contributed by atoms with Crippen LogP contribution in [-0.4, -0.2) is 41.9 Å². The first-order chi connectivity index (χ1) is 13.1. The highest BCUT2D eigenvalue weighted by Gasteiger charge is 2.46. The fraction of sp³-hybridized carbons (Fsp3) is 0.350. The highest BCUT2D eigenvalue weighted by atomic mass is 35.5. The number of para-hydroxylation sites is 2. The Morgan fingerprint density at radius 3 is 2.41 bits per heavy atom. The van der Waals surface area contributed by atoms with Crippen molar-refractivity contribution >= 4 is 28.9 Å². The van der Waals surface area contributed by atoms with E-state index < -0.39 is 0 Å². The lowest BCUT2D eigenvalue weighted by atomic mass is 10.1. The second kappa shape index (κ2) is 7.19. The van der Waals surface area contributed by atoms with Crippen LogP contribution in [0, 0.1) is 16.0 Å². The van der Waals surface area contributed by atoms with E-state index in [1.54, 1.807) is 18.2 Å². The van der Waals surface area contributed by atoms with Gasteiger partial charge >= 0.3 is 0 Å². The van der Waals surface area contributed by atoms with Crippen LogP contribution < -0.4 is 4.90 Å². The van der Waals surface area contributed by atoms with Crippen LogP contribution in [0.5, 0.6) is 0 Å². The van der Waals surface area contributed by atoms with Gasteiger partial charge in [0.1, 0.15) is 5.69 Å². The van der Waals surface area contributed by atoms with E-state index >= 15 is 0 Å². The van der Waals surface area contributed by atoms with Gasteiger partial charge in [-0.25, -0.2) is 0 Å². The summed E-state index contributed by atoms with van der Waals surface area (Å²) in [6.45, 7) is 2.35. The van der Waals surface area contributed by atoms with Gasteiger partial charge in [-0.2, -0.15) is 0 Å². The molecule has 2 aromatic rings. The number of anilines is 1. The number of hydrogen-bond donors (Lipinski definition) is 0. The Bertz CT molecular complexity index is 880. The van der Waals surface area contributed by atoms with Crippen LogP contribution >= 0.6 is 11.6 Å². The standard InChI is InChI=1S/C20H20ClN3O3/c21-17-6-2-1-5-14(17)15-13-16(15)20(25)23-11-9-22(10-12-23)18-7-3-4-8-19(18)24(26)27/h1-8,15-16H,9-13H2. The third kappa shape index (κ3) is 3.49. The predicted molar refractivity (Wildman–Crippen MR) is 104 cm³/mol. The third-order valence-corrected chi connectivity index (χ3v) is 5.77. The second-order valence-electron chi connectivity index (χ2n) is 7.03. The summed E-state index contributed by atoms with van der Waals surface area (Å²) in [5.41, 5.74) is 1.78. The fourth-order valence-electron chi connectivity index (χ4n) is 3.88. The molecule has 7 heteroatoms. The molecule has 1 saturated heterocycles. The van der Waals surface area contributed by atoms with Crippen LogP contribution in [0.15, 0.2) is 48.5 Å². The fourth-order valence-corrected chi connectivity index (χ4v) is 4.15. The Morgan fingerprint density at radius 2 is 1.70 bits per heavy atom. The highest BCUT2D eigenvalue weighted by Crippen LogP contribution is 2.50. The third-order valence-electron chi connectivity index (χ3n) is 5.42. The van der Waals surface area contributed by atoms with Crippen LogP contribution in [0.25, 0.3) is 0 Å². The molecule has 2 fully saturated rings. The van der Waals surface area contributed by atoms with Crippen LogP contribution in [0.1, 0.15) is 17.9 Å². The number of nitrogens with zero attached hydrogens (tertiary/aromatic N) is 3. The largest absolute Gasteiger partial charge is 0.362 e. The number of benzene rings is 2. The number of carbonyl (C=O) groups is 1. The summed E-state index contributed by atoms with van der Waals surface area (Å²) in [5.74, 6) is 0.379. The van der Waals surface area contributed by atoms with Crippen molar-refractivity contribution in [2.75, 3.05) is 31.1 Å². The molecule has 2 atom stereocenters.